The SMILES string of the molecule is Cc1cccc(Nc2nc(-c3cocn3)cs2)c1. The van der Waals surface area contributed by atoms with E-state index in [-0.39, 0.29) is 0 Å². The van der Waals surface area contributed by atoms with Crippen molar-refractivity contribution in [3.8, 4) is 11.4 Å². The summed E-state index contributed by atoms with van der Waals surface area (Å²) in [6.07, 6.45) is 2.99. The molecule has 0 radical (unpaired) electrons. The van der Waals surface area contributed by atoms with E-state index in [4.69, 9.17) is 4.42 Å². The molecule has 0 aliphatic heterocycles. The van der Waals surface area contributed by atoms with Crippen LogP contribution in [-0.4, -0.2) is 9.97 Å². The number of nitrogens with one attached hydrogen (secondary N) is 1. The molecular weight excluding hydrogens is 246 g/mol. The lowest BCUT2D eigenvalue weighted by Gasteiger charge is -2.02. The van der Waals surface area contributed by atoms with Gasteiger partial charge in [-0.05, 0) is 24.6 Å². The van der Waals surface area contributed by atoms with Gasteiger partial charge in [0.05, 0.1) is 0 Å². The summed E-state index contributed by atoms with van der Waals surface area (Å²) in [5.74, 6) is 0. The number of nitrogens with zero attached hydrogens (tertiary/aromatic N) is 2. The van der Waals surface area contributed by atoms with Gasteiger partial charge in [-0.2, -0.15) is 0 Å². The molecule has 3 aromatic rings. The number of oxazole rings is 1. The van der Waals surface area contributed by atoms with Gasteiger partial charge in [0.25, 0.3) is 0 Å². The summed E-state index contributed by atoms with van der Waals surface area (Å²) in [4.78, 5) is 8.53. The second kappa shape index (κ2) is 4.62. The van der Waals surface area contributed by atoms with Gasteiger partial charge in [-0.15, -0.1) is 11.3 Å². The van der Waals surface area contributed by atoms with E-state index in [0.29, 0.717) is 0 Å². The van der Waals surface area contributed by atoms with Crippen LogP contribution in [0.15, 0.2) is 46.7 Å². The van der Waals surface area contributed by atoms with Crippen molar-refractivity contribution in [3.05, 3.63) is 47.9 Å². The Morgan fingerprint density at radius 1 is 1.28 bits per heavy atom. The van der Waals surface area contributed by atoms with Crippen LogP contribution in [0, 0.1) is 6.92 Å². The molecule has 4 nitrogen and oxygen atoms in total. The molecule has 0 unspecified atom stereocenters. The number of rotatable bonds is 3. The standard InChI is InChI=1S/C13H11N3OS/c1-9-3-2-4-10(5-9)15-13-16-12(7-18-13)11-6-17-8-14-11/h2-8H,1H3,(H,15,16). The number of aryl methyl sites for hydroxylation is 1. The van der Waals surface area contributed by atoms with Gasteiger partial charge >= 0.3 is 0 Å². The average molecular weight is 257 g/mol. The lowest BCUT2D eigenvalue weighted by molar-refractivity contribution is 0.558. The molecule has 0 spiro atoms. The first-order chi connectivity index (χ1) is 8.81. The van der Waals surface area contributed by atoms with E-state index in [2.05, 4.69) is 34.3 Å². The van der Waals surface area contributed by atoms with Gasteiger partial charge in [-0.25, -0.2) is 9.97 Å². The van der Waals surface area contributed by atoms with Crippen LogP contribution in [0.1, 0.15) is 5.56 Å². The lowest BCUT2D eigenvalue weighted by atomic mass is 10.2. The zero-order chi connectivity index (χ0) is 12.4. The largest absolute Gasteiger partial charge is 0.451 e. The fraction of sp³-hybridized carbons (Fsp3) is 0.0769. The molecule has 0 amide bonds. The van der Waals surface area contributed by atoms with E-state index in [0.717, 1.165) is 22.2 Å². The molecule has 0 fully saturated rings. The third-order valence-electron chi connectivity index (χ3n) is 2.47. The molecule has 0 aliphatic rings. The second-order valence-corrected chi connectivity index (χ2v) is 4.76. The Morgan fingerprint density at radius 2 is 2.22 bits per heavy atom. The highest BCUT2D eigenvalue weighted by molar-refractivity contribution is 7.14. The molecule has 0 atom stereocenters. The van der Waals surface area contributed by atoms with Crippen LogP contribution in [0.2, 0.25) is 0 Å². The fourth-order valence-corrected chi connectivity index (χ4v) is 2.36. The predicted molar refractivity (Wildman–Crippen MR) is 72.1 cm³/mol. The summed E-state index contributed by atoms with van der Waals surface area (Å²) >= 11 is 1.54. The molecule has 0 aliphatic carbocycles. The summed E-state index contributed by atoms with van der Waals surface area (Å²) < 4.78 is 4.95. The van der Waals surface area contributed by atoms with Crippen LogP contribution in [0.3, 0.4) is 0 Å². The number of thiazole rings is 1. The Labute approximate surface area is 108 Å². The van der Waals surface area contributed by atoms with Crippen molar-refractivity contribution in [2.75, 3.05) is 5.32 Å². The third-order valence-corrected chi connectivity index (χ3v) is 3.23. The monoisotopic (exact) mass is 257 g/mol. The maximum atomic E-state index is 4.95. The average Bonchev–Trinajstić information content (AvgIpc) is 2.98. The van der Waals surface area contributed by atoms with E-state index in [9.17, 15) is 0 Å². The van der Waals surface area contributed by atoms with Crippen molar-refractivity contribution in [1.82, 2.24) is 9.97 Å². The molecule has 90 valence electrons. The summed E-state index contributed by atoms with van der Waals surface area (Å²) in [5.41, 5.74) is 3.83. The highest BCUT2D eigenvalue weighted by Gasteiger charge is 2.06. The van der Waals surface area contributed by atoms with Crippen LogP contribution in [0.4, 0.5) is 10.8 Å². The van der Waals surface area contributed by atoms with E-state index < -0.39 is 0 Å². The molecule has 1 N–H and O–H groups in total. The quantitative estimate of drug-likeness (QED) is 0.774. The molecule has 0 bridgehead atoms. The van der Waals surface area contributed by atoms with Crippen molar-refractivity contribution in [2.24, 2.45) is 0 Å². The first kappa shape index (κ1) is 11.0. The zero-order valence-electron chi connectivity index (χ0n) is 9.75. The highest BCUT2D eigenvalue weighted by atomic mass is 32.1. The third kappa shape index (κ3) is 2.26. The number of hydrogen-bond donors (Lipinski definition) is 1. The van der Waals surface area contributed by atoms with Crippen molar-refractivity contribution in [2.45, 2.75) is 6.92 Å². The summed E-state index contributed by atoms with van der Waals surface area (Å²) in [7, 11) is 0. The van der Waals surface area contributed by atoms with E-state index in [1.165, 1.54) is 12.0 Å². The summed E-state index contributed by atoms with van der Waals surface area (Å²) in [5, 5.41) is 6.08. The van der Waals surface area contributed by atoms with Gasteiger partial charge in [-0.3, -0.25) is 0 Å². The molecule has 0 saturated carbocycles. The first-order valence-corrected chi connectivity index (χ1v) is 6.37. The number of hydrogen-bond acceptors (Lipinski definition) is 5. The van der Waals surface area contributed by atoms with Gasteiger partial charge in [-0.1, -0.05) is 12.1 Å². The lowest BCUT2D eigenvalue weighted by Crippen LogP contribution is -1.89. The molecular formula is C13H11N3OS. The number of aromatic nitrogens is 2. The van der Waals surface area contributed by atoms with Crippen LogP contribution in [0.25, 0.3) is 11.4 Å². The second-order valence-electron chi connectivity index (χ2n) is 3.91. The number of anilines is 2. The fourth-order valence-electron chi connectivity index (χ4n) is 1.63. The minimum atomic E-state index is 0.753. The van der Waals surface area contributed by atoms with Gasteiger partial charge in [0.2, 0.25) is 0 Å². The topological polar surface area (TPSA) is 51.0 Å². The van der Waals surface area contributed by atoms with Crippen LogP contribution in [-0.2, 0) is 0 Å². The van der Waals surface area contributed by atoms with Gasteiger partial charge in [0.15, 0.2) is 11.5 Å². The van der Waals surface area contributed by atoms with E-state index in [1.807, 2.05) is 17.5 Å². The summed E-state index contributed by atoms with van der Waals surface area (Å²) in [6, 6.07) is 8.18. The Morgan fingerprint density at radius 3 is 3.00 bits per heavy atom. The molecule has 3 rings (SSSR count). The number of benzene rings is 1. The van der Waals surface area contributed by atoms with Crippen LogP contribution >= 0.6 is 11.3 Å². The predicted octanol–water partition coefficient (Wildman–Crippen LogP) is 3.85. The minimum Gasteiger partial charge on any atom is -0.451 e. The van der Waals surface area contributed by atoms with Crippen LogP contribution < -0.4 is 5.32 Å². The van der Waals surface area contributed by atoms with Gasteiger partial charge < -0.3 is 9.73 Å². The molecule has 2 aromatic heterocycles. The van der Waals surface area contributed by atoms with Gasteiger partial charge in [0, 0.05) is 11.1 Å². The zero-order valence-corrected chi connectivity index (χ0v) is 10.6. The molecule has 5 heteroatoms. The molecule has 1 aromatic carbocycles. The van der Waals surface area contributed by atoms with Crippen molar-refractivity contribution in [3.63, 3.8) is 0 Å². The van der Waals surface area contributed by atoms with Crippen LogP contribution in [0.5, 0.6) is 0 Å². The Balaban J connectivity index is 1.82. The van der Waals surface area contributed by atoms with E-state index in [1.54, 1.807) is 17.6 Å². The Bertz CT molecular complexity index is 646. The highest BCUT2D eigenvalue weighted by Crippen LogP contribution is 2.26. The Kier molecular flexibility index (Phi) is 2.82. The first-order valence-electron chi connectivity index (χ1n) is 5.49. The maximum absolute atomic E-state index is 4.95. The Hall–Kier alpha value is -2.14. The molecule has 18 heavy (non-hydrogen) atoms. The van der Waals surface area contributed by atoms with E-state index >= 15 is 0 Å². The van der Waals surface area contributed by atoms with Crippen molar-refractivity contribution >= 4 is 22.2 Å². The molecule has 2 heterocycles. The molecule has 0 saturated heterocycles. The minimum absolute atomic E-state index is 0.753. The van der Waals surface area contributed by atoms with Crippen molar-refractivity contribution < 1.29 is 4.42 Å². The normalized spacial score (nSPS) is 10.5. The van der Waals surface area contributed by atoms with Crippen molar-refractivity contribution in [1.29, 1.82) is 0 Å². The smallest absolute Gasteiger partial charge is 0.187 e. The van der Waals surface area contributed by atoms with Gasteiger partial charge in [0.1, 0.15) is 17.7 Å². The summed E-state index contributed by atoms with van der Waals surface area (Å²) in [6.45, 7) is 2.06. The maximum Gasteiger partial charge on any atom is 0.187 e.